The molecule has 2 atom stereocenters. The second-order valence-electron chi connectivity index (χ2n) is 9.75. The third-order valence-corrected chi connectivity index (χ3v) is 8.20. The van der Waals surface area contributed by atoms with Crippen LogP contribution in [0, 0.1) is 12.8 Å². The van der Waals surface area contributed by atoms with Crippen LogP contribution in [0.5, 0.6) is 5.75 Å². The number of nitrogens with two attached hydrogens (primary N) is 1. The first-order valence-electron chi connectivity index (χ1n) is 12.5. The first-order valence-corrected chi connectivity index (χ1v) is 14.0. The largest absolute Gasteiger partial charge is 0.497 e. The van der Waals surface area contributed by atoms with Crippen LogP contribution in [0.3, 0.4) is 0 Å². The molecule has 0 bridgehead atoms. The molecule has 1 amide bonds. The number of anilines is 1. The molecule has 0 saturated heterocycles. The molecule has 4 N–H and O–H groups in total. The zero-order valence-corrected chi connectivity index (χ0v) is 23.1. The molecular formula is C29H37N3O5S. The minimum atomic E-state index is -3.93. The summed E-state index contributed by atoms with van der Waals surface area (Å²) in [6, 6.07) is 19.9. The maximum Gasteiger partial charge on any atom is 0.251 e. The number of carbonyl (C=O) groups excluding carboxylic acids is 1. The predicted molar refractivity (Wildman–Crippen MR) is 150 cm³/mol. The number of aliphatic hydroxyl groups is 1. The van der Waals surface area contributed by atoms with Crippen molar-refractivity contribution in [2.75, 3.05) is 25.9 Å². The number of nitrogens with zero attached hydrogens (tertiary/aromatic N) is 1. The smallest absolute Gasteiger partial charge is 0.251 e. The Morgan fingerprint density at radius 2 is 1.66 bits per heavy atom. The van der Waals surface area contributed by atoms with Crippen molar-refractivity contribution in [1.29, 1.82) is 0 Å². The molecule has 9 heteroatoms. The summed E-state index contributed by atoms with van der Waals surface area (Å²) in [6.07, 6.45) is -0.875. The van der Waals surface area contributed by atoms with Crippen LogP contribution < -0.4 is 15.8 Å². The number of methoxy groups -OCH3 is 1. The fourth-order valence-electron chi connectivity index (χ4n) is 4.21. The minimum Gasteiger partial charge on any atom is -0.497 e. The fraction of sp³-hybridized carbons (Fsp3) is 0.345. The van der Waals surface area contributed by atoms with Gasteiger partial charge in [-0.15, -0.1) is 0 Å². The SMILES string of the molecule is COc1ccc(S(=O)(=O)N(CC(C)C)C[C@@H](O)[C@H](Cc2ccccc2)NC(=O)c2cccc(N)c2C)cc1. The number of ether oxygens (including phenoxy) is 1. The number of hydrogen-bond acceptors (Lipinski definition) is 6. The van der Waals surface area contributed by atoms with Gasteiger partial charge in [0.15, 0.2) is 0 Å². The third kappa shape index (κ3) is 7.34. The zero-order chi connectivity index (χ0) is 27.9. The van der Waals surface area contributed by atoms with Gasteiger partial charge in [-0.3, -0.25) is 4.79 Å². The molecule has 3 aromatic carbocycles. The molecule has 0 aliphatic rings. The Labute approximate surface area is 225 Å². The lowest BCUT2D eigenvalue weighted by molar-refractivity contribution is 0.0775. The van der Waals surface area contributed by atoms with Crippen LogP contribution in [-0.2, 0) is 16.4 Å². The number of nitrogens with one attached hydrogen (secondary N) is 1. The van der Waals surface area contributed by atoms with Crippen molar-refractivity contribution in [2.45, 2.75) is 44.2 Å². The summed E-state index contributed by atoms with van der Waals surface area (Å²) in [7, 11) is -2.42. The molecule has 38 heavy (non-hydrogen) atoms. The van der Waals surface area contributed by atoms with Crippen LogP contribution in [0.1, 0.15) is 35.3 Å². The van der Waals surface area contributed by atoms with Gasteiger partial charge in [-0.1, -0.05) is 50.2 Å². The summed E-state index contributed by atoms with van der Waals surface area (Å²) in [5, 5.41) is 14.3. The Morgan fingerprint density at radius 1 is 1.00 bits per heavy atom. The molecular weight excluding hydrogens is 502 g/mol. The van der Waals surface area contributed by atoms with Gasteiger partial charge < -0.3 is 20.9 Å². The first-order chi connectivity index (χ1) is 18.0. The minimum absolute atomic E-state index is 0.00679. The quantitative estimate of drug-likeness (QED) is 0.302. The van der Waals surface area contributed by atoms with E-state index in [1.165, 1.54) is 23.5 Å². The highest BCUT2D eigenvalue weighted by Crippen LogP contribution is 2.22. The van der Waals surface area contributed by atoms with Gasteiger partial charge in [0.25, 0.3) is 5.91 Å². The fourth-order valence-corrected chi connectivity index (χ4v) is 5.83. The van der Waals surface area contributed by atoms with Crippen LogP contribution in [0.25, 0.3) is 0 Å². The number of carbonyl (C=O) groups is 1. The molecule has 204 valence electrons. The van der Waals surface area contributed by atoms with Crippen molar-refractivity contribution in [2.24, 2.45) is 5.92 Å². The lowest BCUT2D eigenvalue weighted by Gasteiger charge is -2.31. The number of rotatable bonds is 12. The van der Waals surface area contributed by atoms with Crippen molar-refractivity contribution >= 4 is 21.6 Å². The predicted octanol–water partition coefficient (Wildman–Crippen LogP) is 3.63. The van der Waals surface area contributed by atoms with E-state index < -0.39 is 22.2 Å². The number of sulfonamides is 1. The van der Waals surface area contributed by atoms with E-state index in [4.69, 9.17) is 10.5 Å². The summed E-state index contributed by atoms with van der Waals surface area (Å²) in [4.78, 5) is 13.3. The highest BCUT2D eigenvalue weighted by Gasteiger charge is 2.31. The van der Waals surface area contributed by atoms with Gasteiger partial charge in [-0.05, 0) is 66.8 Å². The number of aliphatic hydroxyl groups excluding tert-OH is 1. The molecule has 0 aromatic heterocycles. The van der Waals surface area contributed by atoms with Crippen LogP contribution in [-0.4, -0.2) is 56.1 Å². The normalized spacial score (nSPS) is 13.3. The molecule has 0 aliphatic heterocycles. The molecule has 0 spiro atoms. The van der Waals surface area contributed by atoms with Crippen LogP contribution in [0.2, 0.25) is 0 Å². The summed E-state index contributed by atoms with van der Waals surface area (Å²) < 4.78 is 33.6. The summed E-state index contributed by atoms with van der Waals surface area (Å²) in [6.45, 7) is 5.59. The second kappa shape index (κ2) is 12.9. The summed E-state index contributed by atoms with van der Waals surface area (Å²) >= 11 is 0. The van der Waals surface area contributed by atoms with Gasteiger partial charge in [0.2, 0.25) is 10.0 Å². The molecule has 3 rings (SSSR count). The Hall–Kier alpha value is -3.40. The van der Waals surface area contributed by atoms with E-state index in [2.05, 4.69) is 5.32 Å². The van der Waals surface area contributed by atoms with Crippen molar-refractivity contribution in [3.05, 3.63) is 89.5 Å². The van der Waals surface area contributed by atoms with Crippen LogP contribution >= 0.6 is 0 Å². The molecule has 0 saturated carbocycles. The highest BCUT2D eigenvalue weighted by atomic mass is 32.2. The van der Waals surface area contributed by atoms with Crippen molar-refractivity contribution in [3.63, 3.8) is 0 Å². The molecule has 3 aromatic rings. The Bertz CT molecular complexity index is 1310. The number of nitrogen functional groups attached to an aromatic ring is 1. The van der Waals surface area contributed by atoms with Gasteiger partial charge in [0.05, 0.1) is 24.2 Å². The standard InChI is InChI=1S/C29H37N3O5S/c1-20(2)18-32(38(35,36)24-15-13-23(37-4)14-16-24)19-28(33)27(17-22-9-6-5-7-10-22)31-29(34)25-11-8-12-26(30)21(25)3/h5-16,20,27-28,33H,17-19,30H2,1-4H3,(H,31,34)/t27-,28+/m0/s1. The van der Waals surface area contributed by atoms with Crippen LogP contribution in [0.15, 0.2) is 77.7 Å². The van der Waals surface area contributed by atoms with Gasteiger partial charge in [0, 0.05) is 24.3 Å². The number of amides is 1. The molecule has 8 nitrogen and oxygen atoms in total. The maximum absolute atomic E-state index is 13.6. The van der Waals surface area contributed by atoms with Gasteiger partial charge in [-0.2, -0.15) is 4.31 Å². The lowest BCUT2D eigenvalue weighted by Crippen LogP contribution is -2.51. The van der Waals surface area contributed by atoms with E-state index in [0.29, 0.717) is 29.0 Å². The highest BCUT2D eigenvalue weighted by molar-refractivity contribution is 7.89. The topological polar surface area (TPSA) is 122 Å². The van der Waals surface area contributed by atoms with E-state index in [-0.39, 0.29) is 29.8 Å². The third-order valence-electron chi connectivity index (χ3n) is 6.36. The van der Waals surface area contributed by atoms with E-state index >= 15 is 0 Å². The summed E-state index contributed by atoms with van der Waals surface area (Å²) in [5.74, 6) is 0.164. The van der Waals surface area contributed by atoms with Crippen LogP contribution in [0.4, 0.5) is 5.69 Å². The van der Waals surface area contributed by atoms with E-state index in [1.807, 2.05) is 44.2 Å². The van der Waals surface area contributed by atoms with Crippen molar-refractivity contribution in [3.8, 4) is 5.75 Å². The number of hydrogen-bond donors (Lipinski definition) is 3. The molecule has 0 unspecified atom stereocenters. The number of benzene rings is 3. The average molecular weight is 540 g/mol. The molecule has 0 aliphatic carbocycles. The Kier molecular flexibility index (Phi) is 9.90. The first kappa shape index (κ1) is 29.2. The monoisotopic (exact) mass is 539 g/mol. The maximum atomic E-state index is 13.6. The summed E-state index contributed by atoms with van der Waals surface area (Å²) in [5.41, 5.74) is 8.43. The second-order valence-corrected chi connectivity index (χ2v) is 11.7. The van der Waals surface area contributed by atoms with Crippen molar-refractivity contribution in [1.82, 2.24) is 9.62 Å². The average Bonchev–Trinajstić information content (AvgIpc) is 2.89. The molecule has 0 radical (unpaired) electrons. The lowest BCUT2D eigenvalue weighted by atomic mass is 9.99. The Morgan fingerprint density at radius 3 is 2.26 bits per heavy atom. The Balaban J connectivity index is 1.91. The van der Waals surface area contributed by atoms with Gasteiger partial charge >= 0.3 is 0 Å². The van der Waals surface area contributed by atoms with Crippen molar-refractivity contribution < 1.29 is 23.1 Å². The van der Waals surface area contributed by atoms with Gasteiger partial charge in [0.1, 0.15) is 5.75 Å². The van der Waals surface area contributed by atoms with E-state index in [0.717, 1.165) is 5.56 Å². The zero-order valence-electron chi connectivity index (χ0n) is 22.3. The molecule has 0 heterocycles. The van der Waals surface area contributed by atoms with E-state index in [1.54, 1.807) is 37.3 Å². The molecule has 0 fully saturated rings. The van der Waals surface area contributed by atoms with Gasteiger partial charge in [-0.25, -0.2) is 8.42 Å². The van der Waals surface area contributed by atoms with E-state index in [9.17, 15) is 18.3 Å².